The van der Waals surface area contributed by atoms with Crippen molar-refractivity contribution in [3.8, 4) is 0 Å². The van der Waals surface area contributed by atoms with Gasteiger partial charge in [-0.25, -0.2) is 0 Å². The second-order valence-corrected chi connectivity index (χ2v) is 4.02. The molecule has 4 nitrogen and oxygen atoms in total. The molecule has 1 heterocycles. The molecular formula is C12H20N2O2. The molecule has 16 heavy (non-hydrogen) atoms. The van der Waals surface area contributed by atoms with E-state index in [1.54, 1.807) is 6.26 Å². The van der Waals surface area contributed by atoms with E-state index in [9.17, 15) is 4.79 Å². The second-order valence-electron chi connectivity index (χ2n) is 4.02. The third kappa shape index (κ3) is 3.70. The number of furan rings is 1. The molecule has 3 N–H and O–H groups in total. The quantitative estimate of drug-likeness (QED) is 0.774. The first kappa shape index (κ1) is 12.8. The molecule has 0 radical (unpaired) electrons. The van der Waals surface area contributed by atoms with E-state index in [0.717, 1.165) is 12.2 Å². The highest BCUT2D eigenvalue weighted by atomic mass is 16.3. The molecule has 0 fully saturated rings. The Bertz CT molecular complexity index is 305. The van der Waals surface area contributed by atoms with Crippen LogP contribution in [-0.2, 0) is 4.79 Å². The Labute approximate surface area is 96.2 Å². The third-order valence-electron chi connectivity index (χ3n) is 2.73. The highest BCUT2D eigenvalue weighted by Crippen LogP contribution is 2.13. The predicted octanol–water partition coefficient (Wildman–Crippen LogP) is 1.83. The molecule has 0 bridgehead atoms. The molecule has 1 amide bonds. The van der Waals surface area contributed by atoms with Gasteiger partial charge in [-0.2, -0.15) is 0 Å². The van der Waals surface area contributed by atoms with Crippen LogP contribution in [0.15, 0.2) is 22.8 Å². The zero-order valence-corrected chi connectivity index (χ0v) is 9.90. The van der Waals surface area contributed by atoms with Crippen molar-refractivity contribution in [2.75, 3.05) is 6.54 Å². The number of amides is 1. The number of rotatable bonds is 6. The van der Waals surface area contributed by atoms with E-state index in [1.165, 1.54) is 0 Å². The maximum Gasteiger partial charge on any atom is 0.220 e. The van der Waals surface area contributed by atoms with E-state index in [2.05, 4.69) is 5.32 Å². The average molecular weight is 224 g/mol. The predicted molar refractivity (Wildman–Crippen MR) is 62.7 cm³/mol. The van der Waals surface area contributed by atoms with Gasteiger partial charge in [0.1, 0.15) is 5.76 Å². The number of carbonyl (C=O) groups excluding carboxylic acids is 1. The second kappa shape index (κ2) is 6.33. The lowest BCUT2D eigenvalue weighted by molar-refractivity contribution is -0.122. The molecule has 1 aromatic heterocycles. The van der Waals surface area contributed by atoms with Gasteiger partial charge in [-0.1, -0.05) is 13.3 Å². The standard InChI is InChI=1S/C12H20N2O2/c1-3-10(8-13)7-12(15)14-9(2)11-5-4-6-16-11/h4-6,9-10H,3,7-8,13H2,1-2H3,(H,14,15). The fourth-order valence-electron chi connectivity index (χ4n) is 1.57. The van der Waals surface area contributed by atoms with E-state index in [4.69, 9.17) is 10.2 Å². The Balaban J connectivity index is 2.39. The van der Waals surface area contributed by atoms with E-state index in [0.29, 0.717) is 13.0 Å². The van der Waals surface area contributed by atoms with Crippen molar-refractivity contribution in [3.63, 3.8) is 0 Å². The minimum atomic E-state index is -0.0854. The summed E-state index contributed by atoms with van der Waals surface area (Å²) in [4.78, 5) is 11.7. The van der Waals surface area contributed by atoms with E-state index >= 15 is 0 Å². The van der Waals surface area contributed by atoms with Crippen molar-refractivity contribution in [1.29, 1.82) is 0 Å². The monoisotopic (exact) mass is 224 g/mol. The largest absolute Gasteiger partial charge is 0.467 e. The maximum absolute atomic E-state index is 11.7. The van der Waals surface area contributed by atoms with E-state index < -0.39 is 0 Å². The van der Waals surface area contributed by atoms with E-state index in [1.807, 2.05) is 26.0 Å². The number of carbonyl (C=O) groups is 1. The molecule has 0 aliphatic rings. The molecule has 0 aliphatic carbocycles. The van der Waals surface area contributed by atoms with Crippen molar-refractivity contribution in [2.24, 2.45) is 11.7 Å². The molecule has 1 aromatic rings. The molecule has 0 saturated heterocycles. The van der Waals surface area contributed by atoms with Crippen molar-refractivity contribution >= 4 is 5.91 Å². The van der Waals surface area contributed by atoms with Gasteiger partial charge in [-0.05, 0) is 31.5 Å². The Morgan fingerprint density at radius 1 is 1.62 bits per heavy atom. The van der Waals surface area contributed by atoms with Crippen LogP contribution in [0.2, 0.25) is 0 Å². The number of hydrogen-bond donors (Lipinski definition) is 2. The molecule has 2 atom stereocenters. The molecule has 0 saturated carbocycles. The zero-order valence-electron chi connectivity index (χ0n) is 9.90. The lowest BCUT2D eigenvalue weighted by Gasteiger charge is -2.15. The molecule has 0 spiro atoms. The van der Waals surface area contributed by atoms with Crippen LogP contribution in [0, 0.1) is 5.92 Å². The average Bonchev–Trinajstić information content (AvgIpc) is 2.79. The summed E-state index contributed by atoms with van der Waals surface area (Å²) in [6.45, 7) is 4.50. The number of nitrogens with two attached hydrogens (primary N) is 1. The summed E-state index contributed by atoms with van der Waals surface area (Å²) in [6, 6.07) is 3.58. The SMILES string of the molecule is CCC(CN)CC(=O)NC(C)c1ccco1. The van der Waals surface area contributed by atoms with E-state index in [-0.39, 0.29) is 17.9 Å². The molecular weight excluding hydrogens is 204 g/mol. The number of hydrogen-bond acceptors (Lipinski definition) is 3. The summed E-state index contributed by atoms with van der Waals surface area (Å²) in [5, 5.41) is 2.89. The van der Waals surface area contributed by atoms with Gasteiger partial charge in [0, 0.05) is 6.42 Å². The highest BCUT2D eigenvalue weighted by molar-refractivity contribution is 5.76. The van der Waals surface area contributed by atoms with Gasteiger partial charge in [0.15, 0.2) is 0 Å². The van der Waals surface area contributed by atoms with Crippen LogP contribution in [0.4, 0.5) is 0 Å². The Morgan fingerprint density at radius 2 is 2.38 bits per heavy atom. The summed E-state index contributed by atoms with van der Waals surface area (Å²) in [5.41, 5.74) is 5.56. The summed E-state index contributed by atoms with van der Waals surface area (Å²) in [6.07, 6.45) is 3.02. The van der Waals surface area contributed by atoms with Crippen molar-refractivity contribution < 1.29 is 9.21 Å². The molecule has 90 valence electrons. The van der Waals surface area contributed by atoms with Crippen LogP contribution in [0.5, 0.6) is 0 Å². The summed E-state index contributed by atoms with van der Waals surface area (Å²) >= 11 is 0. The van der Waals surface area contributed by atoms with Crippen LogP contribution in [-0.4, -0.2) is 12.5 Å². The van der Waals surface area contributed by atoms with Gasteiger partial charge in [0.05, 0.1) is 12.3 Å². The van der Waals surface area contributed by atoms with Gasteiger partial charge in [-0.15, -0.1) is 0 Å². The first-order valence-electron chi connectivity index (χ1n) is 5.70. The molecule has 0 aliphatic heterocycles. The van der Waals surface area contributed by atoms with Crippen LogP contribution in [0.1, 0.15) is 38.5 Å². The Hall–Kier alpha value is -1.29. The lowest BCUT2D eigenvalue weighted by atomic mass is 10.0. The molecule has 2 unspecified atom stereocenters. The molecule has 0 aromatic carbocycles. The fourth-order valence-corrected chi connectivity index (χ4v) is 1.57. The topological polar surface area (TPSA) is 68.3 Å². The molecule has 1 rings (SSSR count). The van der Waals surface area contributed by atoms with Crippen LogP contribution in [0.25, 0.3) is 0 Å². The highest BCUT2D eigenvalue weighted by Gasteiger charge is 2.14. The van der Waals surface area contributed by atoms with Crippen molar-refractivity contribution in [2.45, 2.75) is 32.7 Å². The lowest BCUT2D eigenvalue weighted by Crippen LogP contribution is -2.29. The Kier molecular flexibility index (Phi) is 5.05. The van der Waals surface area contributed by atoms with Crippen LogP contribution in [0.3, 0.4) is 0 Å². The van der Waals surface area contributed by atoms with Gasteiger partial charge >= 0.3 is 0 Å². The zero-order chi connectivity index (χ0) is 12.0. The number of nitrogens with one attached hydrogen (secondary N) is 1. The summed E-state index contributed by atoms with van der Waals surface area (Å²) in [5.74, 6) is 1.07. The third-order valence-corrected chi connectivity index (χ3v) is 2.73. The summed E-state index contributed by atoms with van der Waals surface area (Å²) < 4.78 is 5.21. The fraction of sp³-hybridized carbons (Fsp3) is 0.583. The van der Waals surface area contributed by atoms with Gasteiger partial charge in [-0.3, -0.25) is 4.79 Å². The van der Waals surface area contributed by atoms with Crippen molar-refractivity contribution in [1.82, 2.24) is 5.32 Å². The van der Waals surface area contributed by atoms with Crippen LogP contribution < -0.4 is 11.1 Å². The first-order valence-corrected chi connectivity index (χ1v) is 5.70. The molecule has 4 heteroatoms. The maximum atomic E-state index is 11.7. The normalized spacial score (nSPS) is 14.4. The van der Waals surface area contributed by atoms with Crippen molar-refractivity contribution in [3.05, 3.63) is 24.2 Å². The minimum absolute atomic E-state index is 0.0289. The Morgan fingerprint density at radius 3 is 2.88 bits per heavy atom. The minimum Gasteiger partial charge on any atom is -0.467 e. The first-order chi connectivity index (χ1) is 7.67. The van der Waals surface area contributed by atoms with Gasteiger partial charge in [0.25, 0.3) is 0 Å². The van der Waals surface area contributed by atoms with Crippen LogP contribution >= 0.6 is 0 Å². The smallest absolute Gasteiger partial charge is 0.220 e. The van der Waals surface area contributed by atoms with Gasteiger partial charge in [0.2, 0.25) is 5.91 Å². The van der Waals surface area contributed by atoms with Gasteiger partial charge < -0.3 is 15.5 Å². The summed E-state index contributed by atoms with van der Waals surface area (Å²) in [7, 11) is 0.